The molecule has 2 nitrogen and oxygen atoms in total. The molecule has 0 amide bonds. The van der Waals surface area contributed by atoms with E-state index < -0.39 is 0 Å². The summed E-state index contributed by atoms with van der Waals surface area (Å²) in [6.07, 6.45) is 1.18. The second-order valence-corrected chi connectivity index (χ2v) is 4.26. The van der Waals surface area contributed by atoms with E-state index in [0.717, 1.165) is 0 Å². The summed E-state index contributed by atoms with van der Waals surface area (Å²) in [7, 11) is 0. The summed E-state index contributed by atoms with van der Waals surface area (Å²) >= 11 is -0.188. The van der Waals surface area contributed by atoms with Crippen molar-refractivity contribution < 1.29 is 0 Å². The van der Waals surface area contributed by atoms with Crippen LogP contribution in [0.3, 0.4) is 0 Å². The van der Waals surface area contributed by atoms with Gasteiger partial charge in [-0.25, -0.2) is 0 Å². The van der Waals surface area contributed by atoms with Gasteiger partial charge in [0.2, 0.25) is 0 Å². The number of nitrogens with one attached hydrogen (secondary N) is 1. The summed E-state index contributed by atoms with van der Waals surface area (Å²) in [4.78, 5) is 0. The average molecular weight is 162 g/mol. The summed E-state index contributed by atoms with van der Waals surface area (Å²) in [5.74, 6) is 0. The number of amidine groups is 1. The van der Waals surface area contributed by atoms with E-state index in [2.05, 4.69) is 6.92 Å². The topological polar surface area (TPSA) is 49.9 Å². The van der Waals surface area contributed by atoms with E-state index in [9.17, 15) is 0 Å². The molecule has 1 atom stereocenters. The van der Waals surface area contributed by atoms with Gasteiger partial charge in [-0.05, 0) is 0 Å². The Labute approximate surface area is 50.7 Å². The van der Waals surface area contributed by atoms with Crippen LogP contribution in [0.15, 0.2) is 0 Å². The van der Waals surface area contributed by atoms with E-state index >= 15 is 0 Å². The molecule has 0 fully saturated rings. The standard InChI is InChI=1S/C4H11AsN2/c1-2-3-5-4(6)7/h5H,2-3H2,1H3,(H3,6,7). The molecule has 0 saturated heterocycles. The third-order valence-corrected chi connectivity index (χ3v) is 2.94. The van der Waals surface area contributed by atoms with Crippen LogP contribution in [0, 0.1) is 5.41 Å². The fraction of sp³-hybridized carbons (Fsp3) is 0.750. The Morgan fingerprint density at radius 2 is 2.43 bits per heavy atom. The molecular weight excluding hydrogens is 151 g/mol. The molecule has 0 aliphatic heterocycles. The maximum absolute atomic E-state index is 6.83. The minimum atomic E-state index is -0.188. The second-order valence-electron chi connectivity index (χ2n) is 1.34. The molecule has 0 heterocycles. The molecule has 0 aliphatic carbocycles. The number of nitrogens with two attached hydrogens (primary N) is 1. The number of hydrogen-bond acceptors (Lipinski definition) is 1. The third-order valence-electron chi connectivity index (χ3n) is 0.565. The second kappa shape index (κ2) is 4.19. The Morgan fingerprint density at radius 1 is 1.86 bits per heavy atom. The van der Waals surface area contributed by atoms with Crippen LogP contribution in [0.1, 0.15) is 13.3 Å². The Bertz CT molecular complexity index is 62.7. The van der Waals surface area contributed by atoms with Gasteiger partial charge in [-0.3, -0.25) is 0 Å². The van der Waals surface area contributed by atoms with Crippen LogP contribution in [0.2, 0.25) is 5.21 Å². The Balaban J connectivity index is 2.82. The summed E-state index contributed by atoms with van der Waals surface area (Å²) in [6.45, 7) is 2.12. The molecule has 3 heteroatoms. The van der Waals surface area contributed by atoms with E-state index in [-0.39, 0.29) is 15.8 Å². The molecule has 0 aromatic heterocycles. The van der Waals surface area contributed by atoms with Gasteiger partial charge in [0.1, 0.15) is 0 Å². The third kappa shape index (κ3) is 6.03. The van der Waals surface area contributed by atoms with E-state index in [1.165, 1.54) is 11.6 Å². The van der Waals surface area contributed by atoms with Crippen molar-refractivity contribution in [3.63, 3.8) is 0 Å². The van der Waals surface area contributed by atoms with Gasteiger partial charge >= 0.3 is 50.1 Å². The molecule has 3 N–H and O–H groups in total. The monoisotopic (exact) mass is 162 g/mol. The van der Waals surface area contributed by atoms with Crippen molar-refractivity contribution in [3.05, 3.63) is 0 Å². The summed E-state index contributed by atoms with van der Waals surface area (Å²) in [6, 6.07) is 0. The Morgan fingerprint density at radius 3 is 2.57 bits per heavy atom. The Hall–Kier alpha value is 0.0284. The van der Waals surface area contributed by atoms with Crippen LogP contribution < -0.4 is 5.73 Å². The molecule has 0 rings (SSSR count). The maximum atomic E-state index is 6.83. The van der Waals surface area contributed by atoms with Crippen molar-refractivity contribution in [1.29, 1.82) is 5.41 Å². The molecule has 0 spiro atoms. The normalized spacial score (nSPS) is 10.4. The first-order valence-electron chi connectivity index (χ1n) is 2.35. The van der Waals surface area contributed by atoms with Crippen molar-refractivity contribution in [2.75, 3.05) is 0 Å². The molecule has 0 aromatic carbocycles. The summed E-state index contributed by atoms with van der Waals surface area (Å²) in [5.41, 5.74) is 5.12. The van der Waals surface area contributed by atoms with Crippen LogP contribution in [-0.2, 0) is 0 Å². The zero-order valence-electron chi connectivity index (χ0n) is 4.49. The van der Waals surface area contributed by atoms with Crippen LogP contribution in [0.5, 0.6) is 0 Å². The molecule has 1 unspecified atom stereocenters. The van der Waals surface area contributed by atoms with Gasteiger partial charge < -0.3 is 0 Å². The molecular formula is C4H11AsN2. The van der Waals surface area contributed by atoms with E-state index in [0.29, 0.717) is 4.62 Å². The van der Waals surface area contributed by atoms with E-state index in [4.69, 9.17) is 11.1 Å². The molecule has 0 radical (unpaired) electrons. The van der Waals surface area contributed by atoms with Gasteiger partial charge in [-0.2, -0.15) is 0 Å². The molecule has 7 heavy (non-hydrogen) atoms. The van der Waals surface area contributed by atoms with E-state index in [1.54, 1.807) is 0 Å². The molecule has 0 aliphatic rings. The SMILES string of the molecule is CCC[AsH]C(=N)N. The Kier molecular flexibility index (Phi) is 4.21. The van der Waals surface area contributed by atoms with Crippen LogP contribution in [-0.4, -0.2) is 20.4 Å². The quantitative estimate of drug-likeness (QED) is 0.346. The van der Waals surface area contributed by atoms with Crippen LogP contribution >= 0.6 is 0 Å². The van der Waals surface area contributed by atoms with Crippen molar-refractivity contribution in [2.24, 2.45) is 5.73 Å². The van der Waals surface area contributed by atoms with Crippen LogP contribution in [0.4, 0.5) is 0 Å². The van der Waals surface area contributed by atoms with Gasteiger partial charge in [0.05, 0.1) is 0 Å². The van der Waals surface area contributed by atoms with Gasteiger partial charge in [0, 0.05) is 0 Å². The predicted octanol–water partition coefficient (Wildman–Crippen LogP) is 0.145. The first-order chi connectivity index (χ1) is 3.27. The average Bonchev–Trinajstić information content (AvgIpc) is 1.61. The molecule has 0 bridgehead atoms. The first kappa shape index (κ1) is 7.03. The molecule has 0 aromatic rings. The first-order valence-corrected chi connectivity index (χ1v) is 4.88. The zero-order valence-corrected chi connectivity index (χ0v) is 6.59. The minimum absolute atomic E-state index is 0.188. The number of rotatable bonds is 3. The molecule has 0 saturated carbocycles. The number of hydrogen-bond donors (Lipinski definition) is 2. The van der Waals surface area contributed by atoms with Gasteiger partial charge in [0.25, 0.3) is 0 Å². The zero-order chi connectivity index (χ0) is 5.70. The summed E-state index contributed by atoms with van der Waals surface area (Å²) in [5, 5.41) is 8.01. The predicted molar refractivity (Wildman–Crippen MR) is 34.2 cm³/mol. The fourth-order valence-electron chi connectivity index (χ4n) is 0.260. The van der Waals surface area contributed by atoms with E-state index in [1.807, 2.05) is 0 Å². The van der Waals surface area contributed by atoms with Gasteiger partial charge in [-0.1, -0.05) is 0 Å². The van der Waals surface area contributed by atoms with Crippen molar-refractivity contribution >= 4 is 20.4 Å². The summed E-state index contributed by atoms with van der Waals surface area (Å²) < 4.78 is 0.432. The molecule has 42 valence electrons. The van der Waals surface area contributed by atoms with Crippen molar-refractivity contribution in [2.45, 2.75) is 18.6 Å². The van der Waals surface area contributed by atoms with Crippen LogP contribution in [0.25, 0.3) is 0 Å². The van der Waals surface area contributed by atoms with Crippen molar-refractivity contribution in [3.8, 4) is 0 Å². The fourth-order valence-corrected chi connectivity index (χ4v) is 1.35. The van der Waals surface area contributed by atoms with Gasteiger partial charge in [0.15, 0.2) is 0 Å². The van der Waals surface area contributed by atoms with Crippen molar-refractivity contribution in [1.82, 2.24) is 0 Å². The van der Waals surface area contributed by atoms with Gasteiger partial charge in [-0.15, -0.1) is 0 Å².